The van der Waals surface area contributed by atoms with E-state index in [-0.39, 0.29) is 11.8 Å². The van der Waals surface area contributed by atoms with Crippen LogP contribution in [0.15, 0.2) is 67.0 Å². The van der Waals surface area contributed by atoms with E-state index in [1.54, 1.807) is 42.7 Å². The Morgan fingerprint density at radius 3 is 2.61 bits per heavy atom. The second-order valence-corrected chi connectivity index (χ2v) is 8.85. The van der Waals surface area contributed by atoms with Gasteiger partial charge in [0.15, 0.2) is 0 Å². The van der Waals surface area contributed by atoms with E-state index in [1.807, 2.05) is 24.3 Å². The molecule has 1 saturated heterocycles. The average Bonchev–Trinajstić information content (AvgIpc) is 2.84. The van der Waals surface area contributed by atoms with Crippen LogP contribution in [0.4, 0.5) is 11.4 Å². The Hall–Kier alpha value is -3.38. The van der Waals surface area contributed by atoms with Crippen LogP contribution in [0.5, 0.6) is 0 Å². The van der Waals surface area contributed by atoms with E-state index >= 15 is 0 Å². The number of carbonyl (C=O) groups is 2. The smallest absolute Gasteiger partial charge is 0.255 e. The van der Waals surface area contributed by atoms with E-state index in [4.69, 9.17) is 11.6 Å². The number of rotatable bonds is 6. The van der Waals surface area contributed by atoms with Crippen LogP contribution in [-0.4, -0.2) is 29.9 Å². The Kier molecular flexibility index (Phi) is 7.25. The summed E-state index contributed by atoms with van der Waals surface area (Å²) in [6.45, 7) is 4.44. The van der Waals surface area contributed by atoms with Crippen LogP contribution in [0.25, 0.3) is 0 Å². The van der Waals surface area contributed by atoms with Gasteiger partial charge in [-0.25, -0.2) is 0 Å². The fraction of sp³-hybridized carbons (Fsp3) is 0.269. The van der Waals surface area contributed by atoms with Gasteiger partial charge in [0.1, 0.15) is 0 Å². The molecule has 1 fully saturated rings. The topological polar surface area (TPSA) is 74.3 Å². The molecule has 1 aliphatic heterocycles. The van der Waals surface area contributed by atoms with Gasteiger partial charge in [0.2, 0.25) is 0 Å². The first kappa shape index (κ1) is 22.8. The minimum Gasteiger partial charge on any atom is -0.371 e. The molecule has 0 saturated carbocycles. The lowest BCUT2D eigenvalue weighted by atomic mass is 9.97. The minimum atomic E-state index is -0.279. The monoisotopic (exact) mass is 462 g/mol. The summed E-state index contributed by atoms with van der Waals surface area (Å²) in [5, 5.41) is 6.37. The first-order valence-corrected chi connectivity index (χ1v) is 11.5. The predicted molar refractivity (Wildman–Crippen MR) is 132 cm³/mol. The number of carbonyl (C=O) groups excluding carboxylic acids is 2. The van der Waals surface area contributed by atoms with Gasteiger partial charge in [-0.15, -0.1) is 0 Å². The van der Waals surface area contributed by atoms with Gasteiger partial charge in [-0.1, -0.05) is 30.7 Å². The summed E-state index contributed by atoms with van der Waals surface area (Å²) in [5.74, 6) is 0.213. The number of piperidine rings is 1. The molecule has 1 aliphatic rings. The Morgan fingerprint density at radius 1 is 1.06 bits per heavy atom. The summed E-state index contributed by atoms with van der Waals surface area (Å²) in [5.41, 5.74) is 3.35. The molecule has 1 aromatic heterocycles. The van der Waals surface area contributed by atoms with Crippen molar-refractivity contribution in [3.63, 3.8) is 0 Å². The first-order valence-electron chi connectivity index (χ1n) is 11.1. The molecule has 0 unspecified atom stereocenters. The second-order valence-electron chi connectivity index (χ2n) is 8.41. The van der Waals surface area contributed by atoms with E-state index in [0.717, 1.165) is 37.2 Å². The number of aromatic nitrogens is 1. The zero-order valence-corrected chi connectivity index (χ0v) is 19.3. The highest BCUT2D eigenvalue weighted by Crippen LogP contribution is 2.29. The normalized spacial score (nSPS) is 14.1. The van der Waals surface area contributed by atoms with Crippen LogP contribution in [0, 0.1) is 5.92 Å². The average molecular weight is 463 g/mol. The van der Waals surface area contributed by atoms with Crippen molar-refractivity contribution < 1.29 is 9.59 Å². The standard InChI is InChI=1S/C26H27ClN4O2/c1-18-9-12-31(13-10-18)24-8-7-22(30-25(32)20-5-2-6-21(27)14-20)15-23(24)26(33)29-17-19-4-3-11-28-16-19/h2-8,11,14-16,18H,9-10,12-13,17H2,1H3,(H,29,33)(H,30,32). The Labute approximate surface area is 199 Å². The van der Waals surface area contributed by atoms with E-state index < -0.39 is 0 Å². The van der Waals surface area contributed by atoms with E-state index in [9.17, 15) is 9.59 Å². The molecule has 2 aromatic carbocycles. The highest BCUT2D eigenvalue weighted by atomic mass is 35.5. The number of nitrogens with one attached hydrogen (secondary N) is 2. The highest BCUT2D eigenvalue weighted by molar-refractivity contribution is 6.31. The number of pyridine rings is 1. The number of hydrogen-bond donors (Lipinski definition) is 2. The quantitative estimate of drug-likeness (QED) is 0.531. The third-order valence-corrected chi connectivity index (χ3v) is 6.12. The number of hydrogen-bond acceptors (Lipinski definition) is 4. The van der Waals surface area contributed by atoms with Crippen molar-refractivity contribution >= 4 is 34.8 Å². The molecule has 0 atom stereocenters. The lowest BCUT2D eigenvalue weighted by Crippen LogP contribution is -2.35. The Bertz CT molecular complexity index is 1130. The molecule has 6 nitrogen and oxygen atoms in total. The van der Waals surface area contributed by atoms with E-state index in [2.05, 4.69) is 27.4 Å². The van der Waals surface area contributed by atoms with Gasteiger partial charge < -0.3 is 15.5 Å². The van der Waals surface area contributed by atoms with Gasteiger partial charge in [-0.05, 0) is 66.8 Å². The third-order valence-electron chi connectivity index (χ3n) is 5.89. The summed E-state index contributed by atoms with van der Waals surface area (Å²) < 4.78 is 0. The molecule has 2 heterocycles. The summed E-state index contributed by atoms with van der Waals surface area (Å²) >= 11 is 6.02. The van der Waals surface area contributed by atoms with Crippen molar-refractivity contribution in [2.45, 2.75) is 26.3 Å². The number of nitrogens with zero attached hydrogens (tertiary/aromatic N) is 2. The van der Waals surface area contributed by atoms with Crippen LogP contribution in [0.1, 0.15) is 46.0 Å². The number of anilines is 2. The van der Waals surface area contributed by atoms with Gasteiger partial charge in [-0.3, -0.25) is 14.6 Å². The zero-order chi connectivity index (χ0) is 23.2. The first-order chi connectivity index (χ1) is 16.0. The van der Waals surface area contributed by atoms with Crippen LogP contribution in [-0.2, 0) is 6.54 Å². The molecular weight excluding hydrogens is 436 g/mol. The predicted octanol–water partition coefficient (Wildman–Crippen LogP) is 5.15. The van der Waals surface area contributed by atoms with Gasteiger partial charge in [-0.2, -0.15) is 0 Å². The van der Waals surface area contributed by atoms with Crippen molar-refractivity contribution in [3.05, 3.63) is 88.7 Å². The Morgan fingerprint density at radius 2 is 1.88 bits per heavy atom. The van der Waals surface area contributed by atoms with Gasteiger partial charge in [0.05, 0.1) is 5.56 Å². The van der Waals surface area contributed by atoms with E-state index in [1.165, 1.54) is 0 Å². The van der Waals surface area contributed by atoms with Crippen molar-refractivity contribution in [2.75, 3.05) is 23.3 Å². The van der Waals surface area contributed by atoms with Crippen molar-refractivity contribution in [1.82, 2.24) is 10.3 Å². The van der Waals surface area contributed by atoms with E-state index in [0.29, 0.717) is 34.3 Å². The van der Waals surface area contributed by atoms with Crippen molar-refractivity contribution in [1.29, 1.82) is 0 Å². The SMILES string of the molecule is CC1CCN(c2ccc(NC(=O)c3cccc(Cl)c3)cc2C(=O)NCc2cccnc2)CC1. The molecule has 0 aliphatic carbocycles. The molecule has 33 heavy (non-hydrogen) atoms. The molecule has 0 bridgehead atoms. The number of benzene rings is 2. The highest BCUT2D eigenvalue weighted by Gasteiger charge is 2.22. The summed E-state index contributed by atoms with van der Waals surface area (Å²) in [6.07, 6.45) is 5.61. The zero-order valence-electron chi connectivity index (χ0n) is 18.6. The number of amides is 2. The van der Waals surface area contributed by atoms with Gasteiger partial charge in [0.25, 0.3) is 11.8 Å². The van der Waals surface area contributed by atoms with Gasteiger partial charge >= 0.3 is 0 Å². The van der Waals surface area contributed by atoms with Crippen LogP contribution in [0.3, 0.4) is 0 Å². The molecular formula is C26H27ClN4O2. The summed E-state index contributed by atoms with van der Waals surface area (Å²) in [7, 11) is 0. The van der Waals surface area contributed by atoms with Crippen LogP contribution in [0.2, 0.25) is 5.02 Å². The largest absolute Gasteiger partial charge is 0.371 e. The molecule has 7 heteroatoms. The molecule has 0 spiro atoms. The molecule has 2 amide bonds. The van der Waals surface area contributed by atoms with Crippen LogP contribution >= 0.6 is 11.6 Å². The summed E-state index contributed by atoms with van der Waals surface area (Å²) in [4.78, 5) is 32.3. The fourth-order valence-electron chi connectivity index (χ4n) is 3.93. The second kappa shape index (κ2) is 10.5. The minimum absolute atomic E-state index is 0.189. The van der Waals surface area contributed by atoms with Crippen LogP contribution < -0.4 is 15.5 Å². The number of halogens is 1. The maximum Gasteiger partial charge on any atom is 0.255 e. The third kappa shape index (κ3) is 5.90. The maximum atomic E-state index is 13.2. The molecule has 170 valence electrons. The molecule has 3 aromatic rings. The lowest BCUT2D eigenvalue weighted by Gasteiger charge is -2.33. The lowest BCUT2D eigenvalue weighted by molar-refractivity contribution is 0.0950. The summed E-state index contributed by atoms with van der Waals surface area (Å²) in [6, 6.07) is 16.0. The molecule has 0 radical (unpaired) electrons. The maximum absolute atomic E-state index is 13.2. The molecule has 4 rings (SSSR count). The molecule has 2 N–H and O–H groups in total. The van der Waals surface area contributed by atoms with Crippen molar-refractivity contribution in [3.8, 4) is 0 Å². The van der Waals surface area contributed by atoms with Gasteiger partial charge in [0, 0.05) is 54.0 Å². The fourth-order valence-corrected chi connectivity index (χ4v) is 4.12. The Balaban J connectivity index is 1.57. The van der Waals surface area contributed by atoms with Crippen molar-refractivity contribution in [2.24, 2.45) is 5.92 Å².